The van der Waals surface area contributed by atoms with Gasteiger partial charge in [0.2, 0.25) is 0 Å². The van der Waals surface area contributed by atoms with Crippen molar-refractivity contribution in [2.24, 2.45) is 0 Å². The van der Waals surface area contributed by atoms with Gasteiger partial charge in [-0.1, -0.05) is 41.4 Å². The Hall–Kier alpha value is -1.77. The maximum absolute atomic E-state index is 6.15. The van der Waals surface area contributed by atoms with Gasteiger partial charge < -0.3 is 4.74 Å². The Morgan fingerprint density at radius 3 is 2.42 bits per heavy atom. The number of halogens is 2. The second-order valence-corrected chi connectivity index (χ2v) is 4.79. The van der Waals surface area contributed by atoms with Crippen LogP contribution < -0.4 is 4.74 Å². The first-order valence-corrected chi connectivity index (χ1v) is 6.47. The summed E-state index contributed by atoms with van der Waals surface area (Å²) in [6.45, 7) is 0. The van der Waals surface area contributed by atoms with Crippen molar-refractivity contribution in [2.45, 2.75) is 0 Å². The first-order valence-electron chi connectivity index (χ1n) is 5.72. The van der Waals surface area contributed by atoms with Gasteiger partial charge in [-0.25, -0.2) is 4.98 Å². The zero-order chi connectivity index (χ0) is 13.2. The maximum atomic E-state index is 6.15. The molecule has 0 unspecified atom stereocenters. The third-order valence-corrected chi connectivity index (χ3v) is 3.24. The quantitative estimate of drug-likeness (QED) is 0.595. The zero-order valence-corrected chi connectivity index (χ0v) is 11.3. The molecule has 3 aromatic rings. The highest BCUT2D eigenvalue weighted by atomic mass is 35.5. The number of para-hydroxylation sites is 1. The average molecular weight is 290 g/mol. The molecule has 0 fully saturated rings. The Labute approximate surface area is 120 Å². The molecule has 0 saturated heterocycles. The molecular weight excluding hydrogens is 281 g/mol. The highest BCUT2D eigenvalue weighted by molar-refractivity contribution is 6.36. The highest BCUT2D eigenvalue weighted by Crippen LogP contribution is 2.33. The van der Waals surface area contributed by atoms with Crippen molar-refractivity contribution in [3.05, 3.63) is 64.8 Å². The van der Waals surface area contributed by atoms with Crippen LogP contribution in [-0.4, -0.2) is 4.98 Å². The number of aromatic nitrogens is 1. The van der Waals surface area contributed by atoms with Gasteiger partial charge in [-0.15, -0.1) is 0 Å². The highest BCUT2D eigenvalue weighted by Gasteiger charge is 2.09. The van der Waals surface area contributed by atoms with Crippen LogP contribution in [-0.2, 0) is 0 Å². The Morgan fingerprint density at radius 1 is 0.842 bits per heavy atom. The largest absolute Gasteiger partial charge is 0.455 e. The fourth-order valence-corrected chi connectivity index (χ4v) is 2.19. The van der Waals surface area contributed by atoms with Gasteiger partial charge in [0.1, 0.15) is 16.4 Å². The van der Waals surface area contributed by atoms with Crippen molar-refractivity contribution in [2.75, 3.05) is 0 Å². The minimum absolute atomic E-state index is 0.410. The lowest BCUT2D eigenvalue weighted by Crippen LogP contribution is -1.89. The van der Waals surface area contributed by atoms with E-state index in [1.807, 2.05) is 36.4 Å². The summed E-state index contributed by atoms with van der Waals surface area (Å²) >= 11 is 12.1. The van der Waals surface area contributed by atoms with E-state index in [-0.39, 0.29) is 0 Å². The molecule has 0 N–H and O–H groups in total. The Morgan fingerprint density at radius 2 is 1.63 bits per heavy atom. The minimum atomic E-state index is 0.410. The molecule has 0 saturated carbocycles. The summed E-state index contributed by atoms with van der Waals surface area (Å²) in [5, 5.41) is 1.85. The molecule has 0 aliphatic heterocycles. The van der Waals surface area contributed by atoms with E-state index >= 15 is 0 Å². The molecule has 2 aromatic carbocycles. The van der Waals surface area contributed by atoms with Crippen molar-refractivity contribution in [3.63, 3.8) is 0 Å². The van der Waals surface area contributed by atoms with Gasteiger partial charge in [-0.05, 0) is 36.4 Å². The van der Waals surface area contributed by atoms with Gasteiger partial charge in [0.05, 0.1) is 5.02 Å². The van der Waals surface area contributed by atoms with Gasteiger partial charge in [-0.3, -0.25) is 0 Å². The molecule has 0 amide bonds. The van der Waals surface area contributed by atoms with Crippen LogP contribution in [0.5, 0.6) is 11.5 Å². The molecule has 0 aliphatic rings. The van der Waals surface area contributed by atoms with Crippen LogP contribution in [0.3, 0.4) is 0 Å². The Bertz CT molecular complexity index is 729. The normalized spacial score (nSPS) is 10.6. The number of benzene rings is 2. The van der Waals surface area contributed by atoms with E-state index in [1.165, 1.54) is 0 Å². The van der Waals surface area contributed by atoms with Crippen LogP contribution >= 0.6 is 23.2 Å². The van der Waals surface area contributed by atoms with Gasteiger partial charge in [0, 0.05) is 5.39 Å². The van der Waals surface area contributed by atoms with Crippen LogP contribution in [0.25, 0.3) is 10.9 Å². The maximum Gasteiger partial charge on any atom is 0.153 e. The molecular formula is C15H9Cl2NO. The van der Waals surface area contributed by atoms with Gasteiger partial charge in [0.15, 0.2) is 5.75 Å². The molecule has 1 aromatic heterocycles. The second-order valence-electron chi connectivity index (χ2n) is 3.99. The molecule has 4 heteroatoms. The smallest absolute Gasteiger partial charge is 0.153 e. The fraction of sp³-hybridized carbons (Fsp3) is 0. The fourth-order valence-electron chi connectivity index (χ4n) is 1.83. The van der Waals surface area contributed by atoms with Crippen LogP contribution in [0.4, 0.5) is 0 Å². The van der Waals surface area contributed by atoms with Crippen LogP contribution in [0, 0.1) is 0 Å². The number of fused-ring (bicyclic) bond motifs is 1. The van der Waals surface area contributed by atoms with Crippen molar-refractivity contribution in [1.29, 1.82) is 0 Å². The summed E-state index contributed by atoms with van der Waals surface area (Å²) in [4.78, 5) is 4.29. The molecule has 0 spiro atoms. The number of hydrogen-bond donors (Lipinski definition) is 0. The first-order chi connectivity index (χ1) is 9.24. The van der Waals surface area contributed by atoms with Crippen molar-refractivity contribution >= 4 is 34.1 Å². The predicted octanol–water partition coefficient (Wildman–Crippen LogP) is 5.33. The van der Waals surface area contributed by atoms with Crippen LogP contribution in [0.2, 0.25) is 10.2 Å². The van der Waals surface area contributed by atoms with Gasteiger partial charge in [0.25, 0.3) is 0 Å². The summed E-state index contributed by atoms with van der Waals surface area (Å²) in [5.41, 5.74) is 0.656. The van der Waals surface area contributed by atoms with Crippen molar-refractivity contribution in [1.82, 2.24) is 4.98 Å². The number of rotatable bonds is 2. The topological polar surface area (TPSA) is 22.1 Å². The van der Waals surface area contributed by atoms with E-state index in [4.69, 9.17) is 27.9 Å². The number of pyridine rings is 1. The van der Waals surface area contributed by atoms with Crippen LogP contribution in [0.1, 0.15) is 0 Å². The third-order valence-electron chi connectivity index (χ3n) is 2.70. The molecule has 3 rings (SSSR count). The standard InChI is InChI=1S/C15H9Cl2NO/c16-12-7-8-13(19-10-4-2-1-3-5-10)15-11(12)6-9-14(17)18-15/h1-9H. The number of nitrogens with zero attached hydrogens (tertiary/aromatic N) is 1. The number of hydrogen-bond acceptors (Lipinski definition) is 2. The minimum Gasteiger partial charge on any atom is -0.455 e. The first kappa shape index (κ1) is 12.3. The summed E-state index contributed by atoms with van der Waals surface area (Å²) in [6.07, 6.45) is 0. The molecule has 94 valence electrons. The Kier molecular flexibility index (Phi) is 3.28. The van der Waals surface area contributed by atoms with Crippen LogP contribution in [0.15, 0.2) is 54.6 Å². The second kappa shape index (κ2) is 5.08. The Balaban J connectivity index is 2.13. The molecule has 0 bridgehead atoms. The van der Waals surface area contributed by atoms with E-state index in [0.29, 0.717) is 21.4 Å². The molecule has 2 nitrogen and oxygen atoms in total. The summed E-state index contributed by atoms with van der Waals surface area (Å²) in [5.74, 6) is 1.38. The monoisotopic (exact) mass is 289 g/mol. The van der Waals surface area contributed by atoms with Crippen molar-refractivity contribution < 1.29 is 4.74 Å². The lowest BCUT2D eigenvalue weighted by Gasteiger charge is -2.09. The average Bonchev–Trinajstić information content (AvgIpc) is 2.43. The molecule has 0 atom stereocenters. The molecule has 1 heterocycles. The molecule has 0 aliphatic carbocycles. The van der Waals surface area contributed by atoms with E-state index < -0.39 is 0 Å². The predicted molar refractivity (Wildman–Crippen MR) is 78.3 cm³/mol. The van der Waals surface area contributed by atoms with E-state index in [2.05, 4.69) is 4.98 Å². The van der Waals surface area contributed by atoms with E-state index in [9.17, 15) is 0 Å². The summed E-state index contributed by atoms with van der Waals surface area (Å²) in [7, 11) is 0. The van der Waals surface area contributed by atoms with Gasteiger partial charge in [-0.2, -0.15) is 0 Å². The SMILES string of the molecule is Clc1ccc2c(Cl)ccc(Oc3ccccc3)c2n1. The number of ether oxygens (including phenoxy) is 1. The lowest BCUT2D eigenvalue weighted by atomic mass is 10.2. The van der Waals surface area contributed by atoms with E-state index in [1.54, 1.807) is 18.2 Å². The molecule has 19 heavy (non-hydrogen) atoms. The molecule has 0 radical (unpaired) electrons. The zero-order valence-electron chi connectivity index (χ0n) is 9.81. The van der Waals surface area contributed by atoms with E-state index in [0.717, 1.165) is 11.1 Å². The summed E-state index contributed by atoms with van der Waals surface area (Å²) in [6, 6.07) is 16.6. The summed E-state index contributed by atoms with van der Waals surface area (Å²) < 4.78 is 5.82. The third kappa shape index (κ3) is 2.50. The van der Waals surface area contributed by atoms with Crippen molar-refractivity contribution in [3.8, 4) is 11.5 Å². The van der Waals surface area contributed by atoms with Gasteiger partial charge >= 0.3 is 0 Å². The lowest BCUT2D eigenvalue weighted by molar-refractivity contribution is 0.487.